The van der Waals surface area contributed by atoms with E-state index < -0.39 is 0 Å². The molecular weight excluding hydrogens is 218 g/mol. The highest BCUT2D eigenvalue weighted by molar-refractivity contribution is 6.17. The molecule has 0 N–H and O–H groups in total. The summed E-state index contributed by atoms with van der Waals surface area (Å²) >= 11 is 5.73. The molecule has 0 bridgehead atoms. The molecule has 1 fully saturated rings. The average molecular weight is 242 g/mol. The molecule has 1 aliphatic rings. The Kier molecular flexibility index (Phi) is 4.68. The Morgan fingerprint density at radius 1 is 1.31 bits per heavy atom. The van der Waals surface area contributed by atoms with Gasteiger partial charge < -0.3 is 0 Å². The summed E-state index contributed by atoms with van der Waals surface area (Å²) in [7, 11) is 0. The van der Waals surface area contributed by atoms with Crippen molar-refractivity contribution >= 4 is 11.6 Å². The van der Waals surface area contributed by atoms with Crippen LogP contribution in [-0.4, -0.2) is 5.88 Å². The summed E-state index contributed by atoms with van der Waals surface area (Å²) in [6.45, 7) is 6.95. The van der Waals surface area contributed by atoms with E-state index in [1.807, 2.05) is 0 Å². The summed E-state index contributed by atoms with van der Waals surface area (Å²) in [6.07, 6.45) is 6.53. The smallest absolute Gasteiger partial charge is 0.0689 e. The molecule has 0 saturated heterocycles. The maximum Gasteiger partial charge on any atom is 0.0689 e. The van der Waals surface area contributed by atoms with E-state index in [2.05, 4.69) is 26.8 Å². The summed E-state index contributed by atoms with van der Waals surface area (Å²) in [5.74, 6) is 1.47. The Morgan fingerprint density at radius 2 is 1.88 bits per heavy atom. The molecule has 1 rings (SSSR count). The summed E-state index contributed by atoms with van der Waals surface area (Å²) in [4.78, 5) is 0. The van der Waals surface area contributed by atoms with Gasteiger partial charge in [0.1, 0.15) is 0 Å². The van der Waals surface area contributed by atoms with Crippen molar-refractivity contribution in [2.24, 2.45) is 16.7 Å². The van der Waals surface area contributed by atoms with Crippen molar-refractivity contribution in [1.29, 1.82) is 5.26 Å². The third-order valence-corrected chi connectivity index (χ3v) is 4.46. The van der Waals surface area contributed by atoms with Crippen molar-refractivity contribution < 1.29 is 0 Å². The number of alkyl halides is 1. The standard InChI is InChI=1S/C14H24ClN/c1-13(2,3)12-5-8-14(11-16,9-6-12)7-4-10-15/h12H,4-10H2,1-3H3. The van der Waals surface area contributed by atoms with Crippen LogP contribution in [0.2, 0.25) is 0 Å². The van der Waals surface area contributed by atoms with Crippen LogP contribution in [-0.2, 0) is 0 Å². The first-order valence-corrected chi connectivity index (χ1v) is 6.94. The highest BCUT2D eigenvalue weighted by atomic mass is 35.5. The Bertz CT molecular complexity index is 251. The van der Waals surface area contributed by atoms with E-state index in [0.29, 0.717) is 11.3 Å². The van der Waals surface area contributed by atoms with Crippen LogP contribution < -0.4 is 0 Å². The summed E-state index contributed by atoms with van der Waals surface area (Å²) in [5, 5.41) is 9.36. The SMILES string of the molecule is CC(C)(C)C1CCC(C#N)(CCCCl)CC1. The molecule has 0 heterocycles. The summed E-state index contributed by atoms with van der Waals surface area (Å²) < 4.78 is 0. The molecule has 92 valence electrons. The third-order valence-electron chi connectivity index (χ3n) is 4.19. The molecule has 0 aromatic heterocycles. The zero-order chi connectivity index (χ0) is 12.2. The first-order valence-electron chi connectivity index (χ1n) is 6.41. The van der Waals surface area contributed by atoms with Crippen molar-refractivity contribution in [3.05, 3.63) is 0 Å². The van der Waals surface area contributed by atoms with Crippen LogP contribution in [0.4, 0.5) is 0 Å². The molecule has 0 aliphatic heterocycles. The van der Waals surface area contributed by atoms with Crippen LogP contribution >= 0.6 is 11.6 Å². The largest absolute Gasteiger partial charge is 0.198 e. The van der Waals surface area contributed by atoms with Gasteiger partial charge in [-0.1, -0.05) is 20.8 Å². The van der Waals surface area contributed by atoms with Crippen LogP contribution in [0, 0.1) is 28.1 Å². The summed E-state index contributed by atoms with van der Waals surface area (Å²) in [6, 6.07) is 2.57. The van der Waals surface area contributed by atoms with E-state index in [1.165, 1.54) is 12.8 Å². The van der Waals surface area contributed by atoms with Crippen LogP contribution in [0.25, 0.3) is 0 Å². The van der Waals surface area contributed by atoms with Crippen LogP contribution in [0.15, 0.2) is 0 Å². The van der Waals surface area contributed by atoms with Crippen molar-refractivity contribution in [1.82, 2.24) is 0 Å². The van der Waals surface area contributed by atoms with Gasteiger partial charge in [-0.2, -0.15) is 5.26 Å². The van der Waals surface area contributed by atoms with Gasteiger partial charge in [-0.3, -0.25) is 0 Å². The van der Waals surface area contributed by atoms with E-state index in [9.17, 15) is 5.26 Å². The van der Waals surface area contributed by atoms with Gasteiger partial charge in [-0.05, 0) is 49.9 Å². The van der Waals surface area contributed by atoms with Gasteiger partial charge in [0.25, 0.3) is 0 Å². The maximum absolute atomic E-state index is 9.36. The second-order valence-electron chi connectivity index (χ2n) is 6.32. The van der Waals surface area contributed by atoms with Crippen molar-refractivity contribution in [3.8, 4) is 6.07 Å². The molecule has 16 heavy (non-hydrogen) atoms. The normalized spacial score (nSPS) is 31.1. The lowest BCUT2D eigenvalue weighted by molar-refractivity contribution is 0.115. The van der Waals surface area contributed by atoms with E-state index in [1.54, 1.807) is 0 Å². The van der Waals surface area contributed by atoms with Crippen LogP contribution in [0.3, 0.4) is 0 Å². The Balaban J connectivity index is 2.54. The van der Waals surface area contributed by atoms with E-state index >= 15 is 0 Å². The van der Waals surface area contributed by atoms with Gasteiger partial charge in [0.2, 0.25) is 0 Å². The minimum Gasteiger partial charge on any atom is -0.198 e. The molecule has 0 aromatic rings. The summed E-state index contributed by atoms with van der Waals surface area (Å²) in [5.41, 5.74) is 0.338. The molecule has 2 heteroatoms. The lowest BCUT2D eigenvalue weighted by Crippen LogP contribution is -2.31. The highest BCUT2D eigenvalue weighted by Gasteiger charge is 2.38. The topological polar surface area (TPSA) is 23.8 Å². The van der Waals surface area contributed by atoms with E-state index in [0.717, 1.165) is 31.6 Å². The van der Waals surface area contributed by atoms with Crippen LogP contribution in [0.1, 0.15) is 59.3 Å². The molecule has 0 atom stereocenters. The molecule has 0 amide bonds. The van der Waals surface area contributed by atoms with Gasteiger partial charge in [-0.15, -0.1) is 11.6 Å². The van der Waals surface area contributed by atoms with E-state index in [-0.39, 0.29) is 5.41 Å². The molecule has 1 saturated carbocycles. The van der Waals surface area contributed by atoms with Gasteiger partial charge in [-0.25, -0.2) is 0 Å². The first-order chi connectivity index (χ1) is 7.43. The predicted molar refractivity (Wildman–Crippen MR) is 69.4 cm³/mol. The lowest BCUT2D eigenvalue weighted by atomic mass is 9.63. The second-order valence-corrected chi connectivity index (χ2v) is 6.70. The Labute approximate surface area is 105 Å². The highest BCUT2D eigenvalue weighted by Crippen LogP contribution is 2.47. The number of nitrogens with zero attached hydrogens (tertiary/aromatic N) is 1. The zero-order valence-corrected chi connectivity index (χ0v) is 11.6. The molecular formula is C14H24ClN. The quantitative estimate of drug-likeness (QED) is 0.654. The van der Waals surface area contributed by atoms with Crippen molar-refractivity contribution in [2.45, 2.75) is 59.3 Å². The molecule has 0 aromatic carbocycles. The third kappa shape index (κ3) is 3.39. The zero-order valence-electron chi connectivity index (χ0n) is 10.9. The molecule has 0 spiro atoms. The maximum atomic E-state index is 9.36. The second kappa shape index (κ2) is 5.41. The van der Waals surface area contributed by atoms with Gasteiger partial charge >= 0.3 is 0 Å². The average Bonchev–Trinajstić information content (AvgIpc) is 2.26. The predicted octanol–water partition coefficient (Wildman–Crippen LogP) is 4.75. The monoisotopic (exact) mass is 241 g/mol. The van der Waals surface area contributed by atoms with Crippen molar-refractivity contribution in [2.75, 3.05) is 5.88 Å². The van der Waals surface area contributed by atoms with Gasteiger partial charge in [0.15, 0.2) is 0 Å². The fourth-order valence-corrected chi connectivity index (χ4v) is 2.99. The molecule has 1 nitrogen and oxygen atoms in total. The molecule has 0 unspecified atom stereocenters. The Hall–Kier alpha value is -0.220. The number of halogens is 1. The first kappa shape index (κ1) is 13.8. The number of hydrogen-bond acceptors (Lipinski definition) is 1. The van der Waals surface area contributed by atoms with Gasteiger partial charge in [0.05, 0.1) is 11.5 Å². The minimum atomic E-state index is -0.0589. The van der Waals surface area contributed by atoms with Crippen LogP contribution in [0.5, 0.6) is 0 Å². The fraction of sp³-hybridized carbons (Fsp3) is 0.929. The number of rotatable bonds is 3. The van der Waals surface area contributed by atoms with E-state index in [4.69, 9.17) is 11.6 Å². The Morgan fingerprint density at radius 3 is 2.25 bits per heavy atom. The number of nitriles is 1. The fourth-order valence-electron chi connectivity index (χ4n) is 2.86. The molecule has 1 aliphatic carbocycles. The lowest BCUT2D eigenvalue weighted by Gasteiger charge is -2.40. The molecule has 0 radical (unpaired) electrons. The number of hydrogen-bond donors (Lipinski definition) is 0. The van der Waals surface area contributed by atoms with Gasteiger partial charge in [0, 0.05) is 5.88 Å². The van der Waals surface area contributed by atoms with Crippen molar-refractivity contribution in [3.63, 3.8) is 0 Å². The minimum absolute atomic E-state index is 0.0589.